The van der Waals surface area contributed by atoms with E-state index in [0.29, 0.717) is 16.5 Å². The summed E-state index contributed by atoms with van der Waals surface area (Å²) in [7, 11) is -3.55. The normalized spacial score (nSPS) is 15.1. The molecule has 1 N–H and O–H groups in total. The molecule has 0 radical (unpaired) electrons. The van der Waals surface area contributed by atoms with Gasteiger partial charge in [-0.25, -0.2) is 8.42 Å². The second-order valence-electron chi connectivity index (χ2n) is 6.20. The van der Waals surface area contributed by atoms with E-state index in [1.54, 1.807) is 6.07 Å². The number of phenolic OH excluding ortho intramolecular Hbond substituents is 1. The fourth-order valence-corrected chi connectivity index (χ4v) is 4.81. The maximum Gasteiger partial charge on any atom is 0.182 e. The summed E-state index contributed by atoms with van der Waals surface area (Å²) in [4.78, 5) is -0.0865. The summed E-state index contributed by atoms with van der Waals surface area (Å²) >= 11 is 6.14. The molecule has 24 heavy (non-hydrogen) atoms. The van der Waals surface area contributed by atoms with Gasteiger partial charge in [-0.2, -0.15) is 0 Å². The standard InChI is InChI=1S/C18H19ClO4S/c1-12-4-2-7-15(19)18(12)23-14-8-9-16(20)17(10-14)24(21,22)11-13-5-3-6-13/h2,4,7-10,13,20H,3,5-6,11H2,1H3. The van der Waals surface area contributed by atoms with E-state index in [2.05, 4.69) is 0 Å². The van der Waals surface area contributed by atoms with Crippen molar-refractivity contribution in [3.05, 3.63) is 47.0 Å². The number of ether oxygens (including phenoxy) is 1. The van der Waals surface area contributed by atoms with Gasteiger partial charge in [0, 0.05) is 6.07 Å². The molecule has 6 heteroatoms. The molecule has 4 nitrogen and oxygen atoms in total. The first-order chi connectivity index (χ1) is 11.4. The zero-order valence-corrected chi connectivity index (χ0v) is 14.9. The number of hydrogen-bond donors (Lipinski definition) is 1. The number of aromatic hydroxyl groups is 1. The van der Waals surface area contributed by atoms with Gasteiger partial charge in [-0.05, 0) is 49.4 Å². The molecule has 0 unspecified atom stereocenters. The molecule has 128 valence electrons. The van der Waals surface area contributed by atoms with E-state index in [-0.39, 0.29) is 22.3 Å². The predicted octanol–water partition coefficient (Wildman–Crippen LogP) is 4.72. The van der Waals surface area contributed by atoms with Crippen molar-refractivity contribution < 1.29 is 18.3 Å². The van der Waals surface area contributed by atoms with Crippen LogP contribution in [0.4, 0.5) is 0 Å². The monoisotopic (exact) mass is 366 g/mol. The number of aryl methyl sites for hydroxylation is 1. The van der Waals surface area contributed by atoms with Gasteiger partial charge in [-0.1, -0.05) is 30.2 Å². The summed E-state index contributed by atoms with van der Waals surface area (Å²) in [6.45, 7) is 1.86. The third-order valence-corrected chi connectivity index (χ3v) is 6.53. The van der Waals surface area contributed by atoms with E-state index in [9.17, 15) is 13.5 Å². The molecule has 0 saturated heterocycles. The Morgan fingerprint density at radius 1 is 1.25 bits per heavy atom. The van der Waals surface area contributed by atoms with Crippen LogP contribution in [0.15, 0.2) is 41.3 Å². The minimum Gasteiger partial charge on any atom is -0.507 e. The highest BCUT2D eigenvalue weighted by molar-refractivity contribution is 7.91. The van der Waals surface area contributed by atoms with Crippen LogP contribution in [0, 0.1) is 12.8 Å². The summed E-state index contributed by atoms with van der Waals surface area (Å²) in [5.74, 6) is 0.806. The number of rotatable bonds is 5. The maximum atomic E-state index is 12.6. The fraction of sp³-hybridized carbons (Fsp3) is 0.333. The van der Waals surface area contributed by atoms with E-state index in [1.165, 1.54) is 18.2 Å². The molecule has 0 amide bonds. The van der Waals surface area contributed by atoms with Gasteiger partial charge in [-0.3, -0.25) is 0 Å². The molecule has 0 heterocycles. The summed E-state index contributed by atoms with van der Waals surface area (Å²) in [6.07, 6.45) is 2.92. The lowest BCUT2D eigenvalue weighted by atomic mass is 9.87. The van der Waals surface area contributed by atoms with Crippen LogP contribution < -0.4 is 4.74 Å². The molecule has 0 atom stereocenters. The van der Waals surface area contributed by atoms with Crippen molar-refractivity contribution in [1.82, 2.24) is 0 Å². The zero-order valence-electron chi connectivity index (χ0n) is 13.3. The van der Waals surface area contributed by atoms with Crippen molar-refractivity contribution in [2.24, 2.45) is 5.92 Å². The van der Waals surface area contributed by atoms with Crippen molar-refractivity contribution in [3.63, 3.8) is 0 Å². The molecule has 2 aromatic rings. The van der Waals surface area contributed by atoms with Crippen molar-refractivity contribution in [1.29, 1.82) is 0 Å². The van der Waals surface area contributed by atoms with Gasteiger partial charge in [0.1, 0.15) is 22.1 Å². The quantitative estimate of drug-likeness (QED) is 0.831. The summed E-state index contributed by atoms with van der Waals surface area (Å²) in [6, 6.07) is 9.62. The summed E-state index contributed by atoms with van der Waals surface area (Å²) in [5.41, 5.74) is 0.842. The van der Waals surface area contributed by atoms with Crippen LogP contribution in [0.2, 0.25) is 5.02 Å². The highest BCUT2D eigenvalue weighted by Crippen LogP contribution is 2.37. The fourth-order valence-electron chi connectivity index (χ4n) is 2.73. The van der Waals surface area contributed by atoms with Crippen molar-refractivity contribution in [3.8, 4) is 17.2 Å². The minimum atomic E-state index is -3.55. The molecule has 1 aliphatic carbocycles. The Kier molecular flexibility index (Phi) is 4.74. The van der Waals surface area contributed by atoms with Crippen LogP contribution in [0.3, 0.4) is 0 Å². The van der Waals surface area contributed by atoms with Gasteiger partial charge < -0.3 is 9.84 Å². The maximum absolute atomic E-state index is 12.6. The van der Waals surface area contributed by atoms with Crippen molar-refractivity contribution >= 4 is 21.4 Å². The molecular weight excluding hydrogens is 348 g/mol. The van der Waals surface area contributed by atoms with Crippen LogP contribution in [-0.4, -0.2) is 19.3 Å². The Labute approximate surface area is 147 Å². The summed E-state index contributed by atoms with van der Waals surface area (Å²) in [5, 5.41) is 10.4. The Balaban J connectivity index is 1.91. The Bertz CT molecular complexity index is 837. The highest BCUT2D eigenvalue weighted by atomic mass is 35.5. The first-order valence-corrected chi connectivity index (χ1v) is 9.88. The lowest BCUT2D eigenvalue weighted by molar-refractivity contribution is 0.346. The second kappa shape index (κ2) is 6.65. The lowest BCUT2D eigenvalue weighted by Gasteiger charge is -2.25. The van der Waals surface area contributed by atoms with Gasteiger partial charge in [0.25, 0.3) is 0 Å². The lowest BCUT2D eigenvalue weighted by Crippen LogP contribution is -2.22. The number of halogens is 1. The average Bonchev–Trinajstić information content (AvgIpc) is 2.48. The van der Waals surface area contributed by atoms with Crippen LogP contribution >= 0.6 is 11.6 Å². The van der Waals surface area contributed by atoms with Crippen LogP contribution in [0.25, 0.3) is 0 Å². The molecule has 0 aromatic heterocycles. The van der Waals surface area contributed by atoms with E-state index in [0.717, 1.165) is 24.8 Å². The third kappa shape index (κ3) is 3.52. The Hall–Kier alpha value is -1.72. The molecule has 3 rings (SSSR count). The minimum absolute atomic E-state index is 0.0646. The van der Waals surface area contributed by atoms with Gasteiger partial charge in [0.15, 0.2) is 9.84 Å². The average molecular weight is 367 g/mol. The molecule has 2 aromatic carbocycles. The number of benzene rings is 2. The summed E-state index contributed by atoms with van der Waals surface area (Å²) < 4.78 is 30.9. The van der Waals surface area contributed by atoms with Crippen LogP contribution in [0.5, 0.6) is 17.2 Å². The highest BCUT2D eigenvalue weighted by Gasteiger charge is 2.28. The van der Waals surface area contributed by atoms with E-state index in [4.69, 9.17) is 16.3 Å². The van der Waals surface area contributed by atoms with Crippen molar-refractivity contribution in [2.45, 2.75) is 31.1 Å². The number of sulfone groups is 1. The second-order valence-corrected chi connectivity index (χ2v) is 8.61. The van der Waals surface area contributed by atoms with Gasteiger partial charge in [-0.15, -0.1) is 0 Å². The van der Waals surface area contributed by atoms with Gasteiger partial charge in [0.2, 0.25) is 0 Å². The third-order valence-electron chi connectivity index (χ3n) is 4.33. The number of hydrogen-bond acceptors (Lipinski definition) is 4. The van der Waals surface area contributed by atoms with E-state index < -0.39 is 9.84 Å². The van der Waals surface area contributed by atoms with Crippen LogP contribution in [0.1, 0.15) is 24.8 Å². The van der Waals surface area contributed by atoms with Gasteiger partial charge >= 0.3 is 0 Å². The number of phenols is 1. The smallest absolute Gasteiger partial charge is 0.182 e. The number of para-hydroxylation sites is 1. The Morgan fingerprint density at radius 2 is 2.00 bits per heavy atom. The molecule has 0 aliphatic heterocycles. The van der Waals surface area contributed by atoms with E-state index in [1.807, 2.05) is 19.1 Å². The first kappa shape index (κ1) is 17.1. The topological polar surface area (TPSA) is 63.6 Å². The molecule has 1 fully saturated rings. The molecule has 1 aliphatic rings. The zero-order chi connectivity index (χ0) is 17.3. The predicted molar refractivity (Wildman–Crippen MR) is 93.8 cm³/mol. The molecular formula is C18H19ClO4S. The molecule has 1 saturated carbocycles. The molecule has 0 bridgehead atoms. The van der Waals surface area contributed by atoms with E-state index >= 15 is 0 Å². The van der Waals surface area contributed by atoms with Crippen molar-refractivity contribution in [2.75, 3.05) is 5.75 Å². The SMILES string of the molecule is Cc1cccc(Cl)c1Oc1ccc(O)c(S(=O)(=O)CC2CCC2)c1. The largest absolute Gasteiger partial charge is 0.507 e. The first-order valence-electron chi connectivity index (χ1n) is 7.85. The Morgan fingerprint density at radius 3 is 2.62 bits per heavy atom. The molecule has 0 spiro atoms. The van der Waals surface area contributed by atoms with Gasteiger partial charge in [0.05, 0.1) is 10.8 Å². The van der Waals surface area contributed by atoms with Crippen LogP contribution in [-0.2, 0) is 9.84 Å².